The number of Topliss-reactive ketones (excluding diaryl/α,β-unsaturated/α-hetero) is 1. The second-order valence-electron chi connectivity index (χ2n) is 8.50. The maximum atomic E-state index is 13.5. The Kier molecular flexibility index (Phi) is 6.65. The van der Waals surface area contributed by atoms with Crippen LogP contribution in [0.3, 0.4) is 0 Å². The molecule has 0 radical (unpaired) electrons. The summed E-state index contributed by atoms with van der Waals surface area (Å²) in [4.78, 5) is 30.7. The predicted molar refractivity (Wildman–Crippen MR) is 134 cm³/mol. The Labute approximate surface area is 212 Å². The molecule has 0 fully saturated rings. The predicted octanol–water partition coefficient (Wildman–Crippen LogP) is 4.97. The topological polar surface area (TPSA) is 89.6 Å². The van der Waals surface area contributed by atoms with E-state index in [1.807, 2.05) is 18.2 Å². The highest BCUT2D eigenvalue weighted by Crippen LogP contribution is 2.45. The summed E-state index contributed by atoms with van der Waals surface area (Å²) in [6, 6.07) is 10.9. The van der Waals surface area contributed by atoms with Crippen molar-refractivity contribution in [3.63, 3.8) is 0 Å². The summed E-state index contributed by atoms with van der Waals surface area (Å²) in [7, 11) is 1.54. The second-order valence-corrected chi connectivity index (χ2v) is 9.32. The molecule has 2 aromatic carbocycles. The van der Waals surface area contributed by atoms with Crippen LogP contribution in [0.15, 0.2) is 48.8 Å². The summed E-state index contributed by atoms with van der Waals surface area (Å²) in [5, 5.41) is 6.57. The molecule has 2 N–H and O–H groups in total. The van der Waals surface area contributed by atoms with Gasteiger partial charge in [-0.1, -0.05) is 47.5 Å². The third kappa shape index (κ3) is 4.47. The zero-order valence-electron chi connectivity index (χ0n) is 18.9. The van der Waals surface area contributed by atoms with Crippen molar-refractivity contribution in [2.24, 2.45) is 0 Å². The van der Waals surface area contributed by atoms with Crippen LogP contribution < -0.4 is 20.1 Å². The molecular weight excluding hydrogens is 489 g/mol. The van der Waals surface area contributed by atoms with Crippen LogP contribution in [0.4, 0.5) is 5.69 Å². The molecule has 3 heterocycles. The van der Waals surface area contributed by atoms with Crippen LogP contribution in [0.25, 0.3) is 0 Å². The van der Waals surface area contributed by atoms with Crippen LogP contribution in [0.5, 0.6) is 11.5 Å². The minimum absolute atomic E-state index is 0.0491. The zero-order chi connectivity index (χ0) is 24.5. The number of nitrogens with one attached hydrogen (secondary N) is 2. The second kappa shape index (κ2) is 9.85. The third-order valence-corrected chi connectivity index (χ3v) is 7.01. The van der Waals surface area contributed by atoms with Crippen molar-refractivity contribution in [3.8, 4) is 11.5 Å². The van der Waals surface area contributed by atoms with E-state index < -0.39 is 5.91 Å². The number of hydrogen-bond donors (Lipinski definition) is 2. The summed E-state index contributed by atoms with van der Waals surface area (Å²) in [5.41, 5.74) is 3.47. The molecule has 1 amide bonds. The average molecular weight is 512 g/mol. The normalized spacial score (nSPS) is 18.3. The Bertz CT molecular complexity index is 1290. The van der Waals surface area contributed by atoms with Crippen molar-refractivity contribution in [1.29, 1.82) is 0 Å². The highest BCUT2D eigenvalue weighted by atomic mass is 35.5. The van der Waals surface area contributed by atoms with E-state index in [-0.39, 0.29) is 46.5 Å². The number of benzene rings is 2. The van der Waals surface area contributed by atoms with Gasteiger partial charge >= 0.3 is 0 Å². The molecule has 2 aliphatic heterocycles. The molecule has 0 saturated carbocycles. The number of rotatable bonds is 6. The third-order valence-electron chi connectivity index (χ3n) is 6.43. The highest BCUT2D eigenvalue weighted by Gasteiger charge is 2.36. The van der Waals surface area contributed by atoms with Gasteiger partial charge in [-0.3, -0.25) is 14.6 Å². The molecule has 5 rings (SSSR count). The molecule has 0 bridgehead atoms. The molecule has 0 aliphatic carbocycles. The number of hydrogen-bond acceptors (Lipinski definition) is 6. The number of carbonyl (C=O) groups is 2. The number of nitrogens with zero attached hydrogens (tertiary/aromatic N) is 1. The molecule has 0 saturated heterocycles. The first kappa shape index (κ1) is 23.6. The number of amides is 1. The quantitative estimate of drug-likeness (QED) is 0.485. The summed E-state index contributed by atoms with van der Waals surface area (Å²) < 4.78 is 11.4. The fourth-order valence-electron chi connectivity index (χ4n) is 4.78. The van der Waals surface area contributed by atoms with Crippen molar-refractivity contribution >= 4 is 40.6 Å². The number of fused-ring (bicyclic) bond motifs is 2. The number of carbonyl (C=O) groups excluding carboxylic acids is 2. The van der Waals surface area contributed by atoms with Gasteiger partial charge in [0, 0.05) is 42.4 Å². The number of ketones is 1. The van der Waals surface area contributed by atoms with Crippen molar-refractivity contribution < 1.29 is 19.1 Å². The van der Waals surface area contributed by atoms with Crippen LogP contribution in [-0.4, -0.2) is 36.9 Å². The van der Waals surface area contributed by atoms with Gasteiger partial charge in [0.25, 0.3) is 5.91 Å². The van der Waals surface area contributed by atoms with E-state index in [0.29, 0.717) is 22.6 Å². The van der Waals surface area contributed by atoms with Crippen LogP contribution >= 0.6 is 23.2 Å². The smallest absolute Gasteiger partial charge is 0.256 e. The van der Waals surface area contributed by atoms with Gasteiger partial charge < -0.3 is 20.1 Å². The minimum atomic E-state index is -0.414. The van der Waals surface area contributed by atoms with Crippen LogP contribution in [0.1, 0.15) is 45.4 Å². The summed E-state index contributed by atoms with van der Waals surface area (Å²) in [5.74, 6) is 0.304. The molecule has 2 unspecified atom stereocenters. The van der Waals surface area contributed by atoms with E-state index in [2.05, 4.69) is 21.7 Å². The molecule has 180 valence electrons. The Morgan fingerprint density at radius 3 is 2.71 bits per heavy atom. The molecule has 3 aromatic rings. The van der Waals surface area contributed by atoms with E-state index in [1.54, 1.807) is 12.1 Å². The van der Waals surface area contributed by atoms with Crippen LogP contribution in [0.2, 0.25) is 10.0 Å². The van der Waals surface area contributed by atoms with Crippen molar-refractivity contribution in [1.82, 2.24) is 10.3 Å². The first-order valence-corrected chi connectivity index (χ1v) is 12.0. The van der Waals surface area contributed by atoms with E-state index in [0.717, 1.165) is 18.5 Å². The van der Waals surface area contributed by atoms with Gasteiger partial charge in [-0.2, -0.15) is 0 Å². The van der Waals surface area contributed by atoms with Gasteiger partial charge in [-0.05, 0) is 29.7 Å². The Morgan fingerprint density at radius 2 is 1.94 bits per heavy atom. The SMILES string of the molecule is COc1ccc(C(=O)Nc2c(Cl)cncc2Cl)c2c1OCC2CC(=O)C1NCCc2ccccc21. The van der Waals surface area contributed by atoms with E-state index in [1.165, 1.54) is 25.1 Å². The lowest BCUT2D eigenvalue weighted by Crippen LogP contribution is -2.35. The van der Waals surface area contributed by atoms with Gasteiger partial charge in [-0.15, -0.1) is 0 Å². The largest absolute Gasteiger partial charge is 0.493 e. The zero-order valence-corrected chi connectivity index (χ0v) is 20.4. The lowest BCUT2D eigenvalue weighted by Gasteiger charge is -2.26. The Morgan fingerprint density at radius 1 is 1.17 bits per heavy atom. The average Bonchev–Trinajstić information content (AvgIpc) is 3.29. The van der Waals surface area contributed by atoms with Crippen molar-refractivity contribution in [2.75, 3.05) is 25.6 Å². The molecule has 1 aromatic heterocycles. The van der Waals surface area contributed by atoms with Crippen LogP contribution in [-0.2, 0) is 11.2 Å². The first-order valence-electron chi connectivity index (χ1n) is 11.3. The molecule has 2 atom stereocenters. The van der Waals surface area contributed by atoms with Gasteiger partial charge in [0.2, 0.25) is 0 Å². The standard InChI is InChI=1S/C26H23Cl2N3O4/c1-34-21-7-6-17(26(33)31-24-18(27)11-29-12-19(24)28)22-15(13-35-25(21)22)10-20(32)23-16-5-3-2-4-14(16)8-9-30-23/h2-7,11-12,15,23,30H,8-10,13H2,1H3,(H,29,31,33). The lowest BCUT2D eigenvalue weighted by molar-refractivity contribution is -0.121. The van der Waals surface area contributed by atoms with Gasteiger partial charge in [0.1, 0.15) is 0 Å². The Hall–Kier alpha value is -3.13. The van der Waals surface area contributed by atoms with E-state index >= 15 is 0 Å². The molecule has 0 spiro atoms. The minimum Gasteiger partial charge on any atom is -0.493 e. The molecule has 2 aliphatic rings. The molecule has 35 heavy (non-hydrogen) atoms. The monoisotopic (exact) mass is 511 g/mol. The maximum Gasteiger partial charge on any atom is 0.256 e. The van der Waals surface area contributed by atoms with Crippen molar-refractivity contribution in [2.45, 2.75) is 24.8 Å². The van der Waals surface area contributed by atoms with Gasteiger partial charge in [0.15, 0.2) is 17.3 Å². The summed E-state index contributed by atoms with van der Waals surface area (Å²) in [6.07, 6.45) is 3.91. The first-order chi connectivity index (χ1) is 17.0. The number of methoxy groups -OCH3 is 1. The van der Waals surface area contributed by atoms with E-state index in [9.17, 15) is 9.59 Å². The van der Waals surface area contributed by atoms with Crippen molar-refractivity contribution in [3.05, 3.63) is 81.1 Å². The van der Waals surface area contributed by atoms with Crippen LogP contribution in [0, 0.1) is 0 Å². The fraction of sp³-hybridized carbons (Fsp3) is 0.269. The maximum absolute atomic E-state index is 13.5. The molecule has 9 heteroatoms. The Balaban J connectivity index is 1.45. The lowest BCUT2D eigenvalue weighted by atomic mass is 9.85. The fourth-order valence-corrected chi connectivity index (χ4v) is 5.24. The van der Waals surface area contributed by atoms with Gasteiger partial charge in [-0.25, -0.2) is 0 Å². The number of anilines is 1. The molecular formula is C26H23Cl2N3O4. The number of ether oxygens (including phenoxy) is 2. The summed E-state index contributed by atoms with van der Waals surface area (Å²) >= 11 is 12.4. The van der Waals surface area contributed by atoms with Gasteiger partial charge in [0.05, 0.1) is 35.5 Å². The number of halogens is 2. The number of pyridine rings is 1. The highest BCUT2D eigenvalue weighted by molar-refractivity contribution is 6.39. The number of aromatic nitrogens is 1. The summed E-state index contributed by atoms with van der Waals surface area (Å²) in [6.45, 7) is 1.01. The van der Waals surface area contributed by atoms with E-state index in [4.69, 9.17) is 32.7 Å². The molecule has 7 nitrogen and oxygen atoms in total.